The van der Waals surface area contributed by atoms with Crippen LogP contribution in [0.15, 0.2) is 22.7 Å². The summed E-state index contributed by atoms with van der Waals surface area (Å²) in [5.74, 6) is 0.194. The van der Waals surface area contributed by atoms with Crippen LogP contribution in [-0.4, -0.2) is 25.3 Å². The van der Waals surface area contributed by atoms with E-state index in [1.54, 1.807) is 0 Å². The summed E-state index contributed by atoms with van der Waals surface area (Å²) >= 11 is 9.48. The second-order valence-corrected chi connectivity index (χ2v) is 5.07. The Kier molecular flexibility index (Phi) is 7.38. The van der Waals surface area contributed by atoms with Crippen LogP contribution in [-0.2, 0) is 16.0 Å². The molecule has 1 aromatic rings. The number of benzene rings is 1. The zero-order valence-electron chi connectivity index (χ0n) is 11.0. The first-order valence-corrected chi connectivity index (χ1v) is 7.25. The lowest BCUT2D eigenvalue weighted by atomic mass is 10.2. The summed E-state index contributed by atoms with van der Waals surface area (Å²) in [5, 5.41) is 11.5. The van der Waals surface area contributed by atoms with Crippen LogP contribution in [0.4, 0.5) is 0 Å². The van der Waals surface area contributed by atoms with Crippen molar-refractivity contribution in [3.05, 3.63) is 33.3 Å². The summed E-state index contributed by atoms with van der Waals surface area (Å²) < 4.78 is 11.6. The van der Waals surface area contributed by atoms with Gasteiger partial charge in [0.05, 0.1) is 0 Å². The molecule has 0 aliphatic rings. The number of rotatable bonds is 7. The van der Waals surface area contributed by atoms with Gasteiger partial charge in [-0.25, -0.2) is 0 Å². The lowest BCUT2D eigenvalue weighted by molar-refractivity contribution is -0.0923. The Hall–Kier alpha value is -0.620. The number of nitrogens with one attached hydrogen (secondary N) is 2. The summed E-state index contributed by atoms with van der Waals surface area (Å²) in [4.78, 5) is 0. The zero-order chi connectivity index (χ0) is 14.3. The lowest BCUT2D eigenvalue weighted by Gasteiger charge is -2.19. The largest absolute Gasteiger partial charge is 0.366 e. The molecule has 0 radical (unpaired) electrons. The number of halogens is 2. The van der Waals surface area contributed by atoms with Gasteiger partial charge in [-0.1, -0.05) is 27.5 Å². The van der Waals surface area contributed by atoms with E-state index in [2.05, 4.69) is 21.2 Å². The highest BCUT2D eigenvalue weighted by Gasteiger charge is 2.14. The van der Waals surface area contributed by atoms with Gasteiger partial charge >= 0.3 is 0 Å². The molecule has 0 amide bonds. The maximum absolute atomic E-state index is 7.91. The molecule has 0 aliphatic carbocycles. The molecule has 4 nitrogen and oxygen atoms in total. The molecule has 6 heteroatoms. The van der Waals surface area contributed by atoms with Crippen molar-refractivity contribution in [1.29, 1.82) is 5.41 Å². The van der Waals surface area contributed by atoms with Gasteiger partial charge in [0, 0.05) is 29.3 Å². The second kappa shape index (κ2) is 8.53. The number of ether oxygens (including phenoxy) is 2. The maximum atomic E-state index is 7.91. The van der Waals surface area contributed by atoms with Crippen LogP contribution in [0.5, 0.6) is 0 Å². The van der Waals surface area contributed by atoms with Crippen molar-refractivity contribution in [2.24, 2.45) is 0 Å². The van der Waals surface area contributed by atoms with Gasteiger partial charge in [0.15, 0.2) is 5.84 Å². The van der Waals surface area contributed by atoms with Crippen molar-refractivity contribution in [1.82, 2.24) is 5.32 Å². The molecule has 0 saturated heterocycles. The van der Waals surface area contributed by atoms with Crippen LogP contribution in [0.2, 0.25) is 5.02 Å². The van der Waals surface area contributed by atoms with Gasteiger partial charge in [0.25, 0.3) is 0 Å². The van der Waals surface area contributed by atoms with Gasteiger partial charge in [-0.3, -0.25) is 5.41 Å². The topological polar surface area (TPSA) is 54.3 Å². The molecule has 1 rings (SSSR count). The molecule has 0 unspecified atom stereocenters. The lowest BCUT2D eigenvalue weighted by Crippen LogP contribution is -2.37. The maximum Gasteiger partial charge on any atom is 0.216 e. The van der Waals surface area contributed by atoms with Crippen LogP contribution < -0.4 is 5.32 Å². The fraction of sp³-hybridized carbons (Fsp3) is 0.462. The highest BCUT2D eigenvalue weighted by molar-refractivity contribution is 9.10. The van der Waals surface area contributed by atoms with Gasteiger partial charge in [-0.2, -0.15) is 0 Å². The number of amidine groups is 1. The van der Waals surface area contributed by atoms with Crippen LogP contribution in [0, 0.1) is 5.41 Å². The van der Waals surface area contributed by atoms with Crippen molar-refractivity contribution in [3.63, 3.8) is 0 Å². The van der Waals surface area contributed by atoms with E-state index in [-0.39, 0.29) is 5.84 Å². The minimum atomic E-state index is -0.652. The first kappa shape index (κ1) is 16.4. The Morgan fingerprint density at radius 3 is 2.58 bits per heavy atom. The predicted octanol–water partition coefficient (Wildman–Crippen LogP) is 3.57. The predicted molar refractivity (Wildman–Crippen MR) is 80.8 cm³/mol. The van der Waals surface area contributed by atoms with Crippen molar-refractivity contribution >= 4 is 33.4 Å². The molecule has 0 aliphatic heterocycles. The summed E-state index contributed by atoms with van der Waals surface area (Å²) in [5.41, 5.74) is 0.910. The van der Waals surface area contributed by atoms with Crippen LogP contribution >= 0.6 is 27.5 Å². The van der Waals surface area contributed by atoms with E-state index in [0.29, 0.717) is 24.8 Å². The average molecular weight is 350 g/mol. The first-order chi connectivity index (χ1) is 9.08. The molecule has 2 N–H and O–H groups in total. The summed E-state index contributed by atoms with van der Waals surface area (Å²) in [6.07, 6.45) is -0.652. The fourth-order valence-corrected chi connectivity index (χ4v) is 2.06. The molecule has 0 aromatic heterocycles. The molecule has 0 atom stereocenters. The van der Waals surface area contributed by atoms with Crippen LogP contribution in [0.3, 0.4) is 0 Å². The third kappa shape index (κ3) is 5.48. The number of hydrogen-bond acceptors (Lipinski definition) is 3. The minimum absolute atomic E-state index is 0.194. The minimum Gasteiger partial charge on any atom is -0.366 e. The van der Waals surface area contributed by atoms with E-state index in [0.717, 1.165) is 10.0 Å². The Morgan fingerprint density at radius 1 is 1.37 bits per heavy atom. The molecule has 0 bridgehead atoms. The van der Waals surface area contributed by atoms with Gasteiger partial charge in [-0.05, 0) is 37.6 Å². The Morgan fingerprint density at radius 2 is 2.00 bits per heavy atom. The number of hydrogen-bond donors (Lipinski definition) is 2. The highest BCUT2D eigenvalue weighted by Crippen LogP contribution is 2.20. The fourth-order valence-electron chi connectivity index (χ4n) is 1.47. The molecule has 106 valence electrons. The SMILES string of the molecule is CCOC(OCC)C(=N)NCc1cc(Br)ccc1Cl. The summed E-state index contributed by atoms with van der Waals surface area (Å²) in [7, 11) is 0. The Labute approximate surface area is 127 Å². The van der Waals surface area contributed by atoms with E-state index >= 15 is 0 Å². The van der Waals surface area contributed by atoms with Gasteiger partial charge < -0.3 is 14.8 Å². The summed E-state index contributed by atoms with van der Waals surface area (Å²) in [6.45, 7) is 5.17. The quantitative estimate of drug-likeness (QED) is 0.449. The first-order valence-electron chi connectivity index (χ1n) is 6.07. The van der Waals surface area contributed by atoms with E-state index < -0.39 is 6.29 Å². The van der Waals surface area contributed by atoms with Crippen LogP contribution in [0.1, 0.15) is 19.4 Å². The summed E-state index contributed by atoms with van der Waals surface area (Å²) in [6, 6.07) is 5.61. The van der Waals surface area contributed by atoms with Crippen molar-refractivity contribution < 1.29 is 9.47 Å². The molecule has 0 fully saturated rings. The van der Waals surface area contributed by atoms with E-state index in [9.17, 15) is 0 Å². The molecule has 0 saturated carbocycles. The zero-order valence-corrected chi connectivity index (χ0v) is 13.3. The molecular weight excluding hydrogens is 332 g/mol. The Bertz CT molecular complexity index is 423. The average Bonchev–Trinajstić information content (AvgIpc) is 2.39. The van der Waals surface area contributed by atoms with E-state index in [4.69, 9.17) is 26.5 Å². The van der Waals surface area contributed by atoms with Crippen molar-refractivity contribution in [2.75, 3.05) is 13.2 Å². The van der Waals surface area contributed by atoms with Crippen molar-refractivity contribution in [3.8, 4) is 0 Å². The Balaban J connectivity index is 2.59. The molecular formula is C13H18BrClN2O2. The van der Waals surface area contributed by atoms with E-state index in [1.165, 1.54) is 0 Å². The normalized spacial score (nSPS) is 10.8. The van der Waals surface area contributed by atoms with E-state index in [1.807, 2.05) is 32.0 Å². The third-order valence-corrected chi connectivity index (χ3v) is 3.21. The molecule has 1 aromatic carbocycles. The monoisotopic (exact) mass is 348 g/mol. The van der Waals surface area contributed by atoms with Crippen LogP contribution in [0.25, 0.3) is 0 Å². The smallest absolute Gasteiger partial charge is 0.216 e. The van der Waals surface area contributed by atoms with Crippen molar-refractivity contribution in [2.45, 2.75) is 26.7 Å². The standard InChI is InChI=1S/C13H18BrClN2O2/c1-3-18-13(19-4-2)12(16)17-8-9-7-10(14)5-6-11(9)15/h5-7,13H,3-4,8H2,1-2H3,(H2,16,17). The highest BCUT2D eigenvalue weighted by atomic mass is 79.9. The molecule has 19 heavy (non-hydrogen) atoms. The van der Waals surface area contributed by atoms with Gasteiger partial charge in [0.2, 0.25) is 6.29 Å². The second-order valence-electron chi connectivity index (χ2n) is 3.75. The van der Waals surface area contributed by atoms with Gasteiger partial charge in [-0.15, -0.1) is 0 Å². The van der Waals surface area contributed by atoms with Gasteiger partial charge in [0.1, 0.15) is 0 Å². The molecule has 0 heterocycles. The third-order valence-electron chi connectivity index (χ3n) is 2.35. The molecule has 0 spiro atoms.